The van der Waals surface area contributed by atoms with Crippen LogP contribution in [0.3, 0.4) is 0 Å². The Morgan fingerprint density at radius 1 is 1.00 bits per heavy atom. The molecule has 2 fully saturated rings. The number of morpholine rings is 1. The van der Waals surface area contributed by atoms with E-state index in [1.165, 1.54) is 37.7 Å². The molecule has 1 aromatic rings. The number of nitrogens with one attached hydrogen (secondary N) is 1. The van der Waals surface area contributed by atoms with Crippen LogP contribution < -0.4 is 5.32 Å². The Balaban J connectivity index is 1.70. The van der Waals surface area contributed by atoms with Crippen molar-refractivity contribution in [2.45, 2.75) is 50.3 Å². The number of hydrogen-bond acceptors (Lipinski definition) is 2. The lowest BCUT2D eigenvalue weighted by Gasteiger charge is -2.37. The van der Waals surface area contributed by atoms with Crippen molar-refractivity contribution in [3.63, 3.8) is 0 Å². The Kier molecular flexibility index (Phi) is 3.44. The molecule has 3 atom stereocenters. The molecule has 2 aliphatic rings. The van der Waals surface area contributed by atoms with E-state index in [-0.39, 0.29) is 0 Å². The van der Waals surface area contributed by atoms with Crippen LogP contribution in [0.5, 0.6) is 0 Å². The van der Waals surface area contributed by atoms with Crippen molar-refractivity contribution in [3.05, 3.63) is 35.9 Å². The zero-order valence-electron chi connectivity index (χ0n) is 10.3. The second-order valence-electron chi connectivity index (χ2n) is 5.25. The van der Waals surface area contributed by atoms with Crippen molar-refractivity contribution < 1.29 is 4.74 Å². The summed E-state index contributed by atoms with van der Waals surface area (Å²) in [6, 6.07) is 11.6. The smallest absolute Gasteiger partial charge is 0.0729 e. The SMILES string of the molecule is c1ccc(C2COC3CCCCCC3N2)cc1. The fourth-order valence-corrected chi connectivity index (χ4v) is 3.07. The van der Waals surface area contributed by atoms with Gasteiger partial charge in [0.2, 0.25) is 0 Å². The van der Waals surface area contributed by atoms with Crippen molar-refractivity contribution in [1.29, 1.82) is 0 Å². The van der Waals surface area contributed by atoms with Crippen LogP contribution >= 0.6 is 0 Å². The van der Waals surface area contributed by atoms with Crippen molar-refractivity contribution in [2.75, 3.05) is 6.61 Å². The van der Waals surface area contributed by atoms with Gasteiger partial charge in [0.15, 0.2) is 0 Å². The highest BCUT2D eigenvalue weighted by Crippen LogP contribution is 2.28. The lowest BCUT2D eigenvalue weighted by Crippen LogP contribution is -2.49. The van der Waals surface area contributed by atoms with Gasteiger partial charge in [-0.25, -0.2) is 0 Å². The van der Waals surface area contributed by atoms with Gasteiger partial charge in [-0.1, -0.05) is 49.6 Å². The van der Waals surface area contributed by atoms with Gasteiger partial charge in [0.25, 0.3) is 0 Å². The van der Waals surface area contributed by atoms with E-state index in [1.54, 1.807) is 0 Å². The van der Waals surface area contributed by atoms with Gasteiger partial charge in [0, 0.05) is 6.04 Å². The van der Waals surface area contributed by atoms with Crippen LogP contribution in [-0.4, -0.2) is 18.8 Å². The second kappa shape index (κ2) is 5.19. The predicted octanol–water partition coefficient (Wildman–Crippen LogP) is 3.05. The molecule has 1 saturated carbocycles. The van der Waals surface area contributed by atoms with Gasteiger partial charge in [-0.3, -0.25) is 0 Å². The molecule has 17 heavy (non-hydrogen) atoms. The van der Waals surface area contributed by atoms with E-state index in [4.69, 9.17) is 4.74 Å². The summed E-state index contributed by atoms with van der Waals surface area (Å²) in [4.78, 5) is 0. The Hall–Kier alpha value is -0.860. The summed E-state index contributed by atoms with van der Waals surface area (Å²) >= 11 is 0. The summed E-state index contributed by atoms with van der Waals surface area (Å²) in [6.07, 6.45) is 7.01. The number of fused-ring (bicyclic) bond motifs is 1. The molecule has 1 aromatic carbocycles. The average Bonchev–Trinajstić information content (AvgIpc) is 2.64. The first-order valence-corrected chi connectivity index (χ1v) is 6.86. The molecule has 1 aliphatic carbocycles. The highest BCUT2D eigenvalue weighted by atomic mass is 16.5. The van der Waals surface area contributed by atoms with Crippen molar-refractivity contribution in [1.82, 2.24) is 5.32 Å². The van der Waals surface area contributed by atoms with E-state index in [2.05, 4.69) is 35.6 Å². The minimum Gasteiger partial charge on any atom is -0.375 e. The molecule has 1 saturated heterocycles. The number of benzene rings is 1. The molecule has 2 heteroatoms. The van der Waals surface area contributed by atoms with Crippen molar-refractivity contribution >= 4 is 0 Å². The summed E-state index contributed by atoms with van der Waals surface area (Å²) in [5.41, 5.74) is 1.36. The highest BCUT2D eigenvalue weighted by molar-refractivity contribution is 5.19. The Morgan fingerprint density at radius 3 is 2.71 bits per heavy atom. The maximum atomic E-state index is 6.07. The van der Waals surface area contributed by atoms with Gasteiger partial charge < -0.3 is 10.1 Å². The van der Waals surface area contributed by atoms with Crippen LogP contribution in [0.4, 0.5) is 0 Å². The van der Waals surface area contributed by atoms with Crippen LogP contribution in [0.15, 0.2) is 30.3 Å². The van der Waals surface area contributed by atoms with Gasteiger partial charge in [0.05, 0.1) is 18.8 Å². The summed E-state index contributed by atoms with van der Waals surface area (Å²) in [5, 5.41) is 3.79. The summed E-state index contributed by atoms with van der Waals surface area (Å²) in [5.74, 6) is 0. The van der Waals surface area contributed by atoms with Gasteiger partial charge in [-0.05, 0) is 18.4 Å². The lowest BCUT2D eigenvalue weighted by atomic mass is 9.99. The molecule has 0 bridgehead atoms. The minimum atomic E-state index is 0.385. The molecule has 1 N–H and O–H groups in total. The Bertz CT molecular complexity index is 351. The monoisotopic (exact) mass is 231 g/mol. The maximum absolute atomic E-state index is 6.07. The van der Waals surface area contributed by atoms with Gasteiger partial charge in [-0.15, -0.1) is 0 Å². The maximum Gasteiger partial charge on any atom is 0.0729 e. The number of hydrogen-bond donors (Lipinski definition) is 1. The summed E-state index contributed by atoms with van der Waals surface area (Å²) in [6.45, 7) is 0.825. The third-order valence-corrected chi connectivity index (χ3v) is 4.05. The molecular weight excluding hydrogens is 210 g/mol. The van der Waals surface area contributed by atoms with Crippen LogP contribution in [-0.2, 0) is 4.74 Å². The van der Waals surface area contributed by atoms with E-state index in [0.717, 1.165) is 6.61 Å². The van der Waals surface area contributed by atoms with Crippen molar-refractivity contribution in [3.8, 4) is 0 Å². The zero-order valence-corrected chi connectivity index (χ0v) is 10.3. The van der Waals surface area contributed by atoms with E-state index in [1.807, 2.05) is 0 Å². The fourth-order valence-electron chi connectivity index (χ4n) is 3.07. The van der Waals surface area contributed by atoms with Crippen LogP contribution in [0.1, 0.15) is 43.7 Å². The second-order valence-corrected chi connectivity index (χ2v) is 5.25. The third kappa shape index (κ3) is 2.53. The molecule has 3 unspecified atom stereocenters. The Labute approximate surface area is 103 Å². The van der Waals surface area contributed by atoms with Crippen LogP contribution in [0.25, 0.3) is 0 Å². The first-order chi connectivity index (χ1) is 8.43. The van der Waals surface area contributed by atoms with Gasteiger partial charge in [0.1, 0.15) is 0 Å². The van der Waals surface area contributed by atoms with Crippen molar-refractivity contribution in [2.24, 2.45) is 0 Å². The standard InChI is InChI=1S/C15H21NO/c1-3-7-12(8-4-1)14-11-17-15-10-6-2-5-9-13(15)16-14/h1,3-4,7-8,13-16H,2,5-6,9-11H2. The first-order valence-electron chi connectivity index (χ1n) is 6.86. The quantitative estimate of drug-likeness (QED) is 0.802. The molecule has 3 rings (SSSR count). The predicted molar refractivity (Wildman–Crippen MR) is 68.9 cm³/mol. The third-order valence-electron chi connectivity index (χ3n) is 4.05. The van der Waals surface area contributed by atoms with E-state index >= 15 is 0 Å². The zero-order chi connectivity index (χ0) is 11.5. The lowest BCUT2D eigenvalue weighted by molar-refractivity contribution is -0.0311. The summed E-state index contributed by atoms with van der Waals surface area (Å²) < 4.78 is 6.07. The topological polar surface area (TPSA) is 21.3 Å². The molecule has 0 spiro atoms. The van der Waals surface area contributed by atoms with E-state index in [0.29, 0.717) is 18.2 Å². The number of ether oxygens (including phenoxy) is 1. The van der Waals surface area contributed by atoms with Gasteiger partial charge >= 0.3 is 0 Å². The molecule has 2 nitrogen and oxygen atoms in total. The molecule has 1 heterocycles. The molecule has 92 valence electrons. The van der Waals surface area contributed by atoms with E-state index < -0.39 is 0 Å². The first kappa shape index (κ1) is 11.2. The van der Waals surface area contributed by atoms with E-state index in [9.17, 15) is 0 Å². The highest BCUT2D eigenvalue weighted by Gasteiger charge is 2.31. The fraction of sp³-hybridized carbons (Fsp3) is 0.600. The van der Waals surface area contributed by atoms with Gasteiger partial charge in [-0.2, -0.15) is 0 Å². The minimum absolute atomic E-state index is 0.385. The molecule has 0 radical (unpaired) electrons. The molecule has 0 aromatic heterocycles. The van der Waals surface area contributed by atoms with Crippen LogP contribution in [0, 0.1) is 0 Å². The normalized spacial score (nSPS) is 33.8. The number of rotatable bonds is 1. The molecule has 1 aliphatic heterocycles. The summed E-state index contributed by atoms with van der Waals surface area (Å²) in [7, 11) is 0. The van der Waals surface area contributed by atoms with Crippen LogP contribution in [0.2, 0.25) is 0 Å². The molecule has 0 amide bonds. The largest absolute Gasteiger partial charge is 0.375 e. The molecular formula is C15H21NO. The average molecular weight is 231 g/mol. The Morgan fingerprint density at radius 2 is 1.82 bits per heavy atom.